The summed E-state index contributed by atoms with van der Waals surface area (Å²) in [6.07, 6.45) is 2.37. The second-order valence-corrected chi connectivity index (χ2v) is 4.00. The molecule has 0 fully saturated rings. The summed E-state index contributed by atoms with van der Waals surface area (Å²) in [6, 6.07) is 7.68. The molecule has 1 amide bonds. The first-order valence-electron chi connectivity index (χ1n) is 5.30. The third-order valence-corrected chi connectivity index (χ3v) is 2.73. The number of aromatic nitrogens is 2. The zero-order valence-electron chi connectivity index (χ0n) is 9.33. The fraction of sp³-hybridized carbons (Fsp3) is 0.167. The van der Waals surface area contributed by atoms with E-state index in [0.717, 1.165) is 12.1 Å². The van der Waals surface area contributed by atoms with Crippen LogP contribution in [0.1, 0.15) is 23.0 Å². The van der Waals surface area contributed by atoms with Crippen molar-refractivity contribution in [1.82, 2.24) is 10.2 Å². The second kappa shape index (κ2) is 5.01. The molecule has 0 aliphatic rings. The van der Waals surface area contributed by atoms with Gasteiger partial charge in [-0.1, -0.05) is 30.7 Å². The molecule has 0 unspecified atom stereocenters. The topological polar surface area (TPSA) is 57.8 Å². The van der Waals surface area contributed by atoms with Gasteiger partial charge in [0, 0.05) is 5.69 Å². The van der Waals surface area contributed by atoms with Crippen LogP contribution in [0.4, 0.5) is 5.69 Å². The maximum absolute atomic E-state index is 11.8. The van der Waals surface area contributed by atoms with Gasteiger partial charge in [0.05, 0.1) is 11.2 Å². The van der Waals surface area contributed by atoms with Crippen molar-refractivity contribution in [2.24, 2.45) is 0 Å². The molecule has 0 radical (unpaired) electrons. The molecule has 1 aromatic heterocycles. The maximum atomic E-state index is 11.8. The first-order valence-corrected chi connectivity index (χ1v) is 5.67. The number of carbonyl (C=O) groups excluding carboxylic acids is 1. The van der Waals surface area contributed by atoms with Crippen molar-refractivity contribution in [3.63, 3.8) is 0 Å². The van der Waals surface area contributed by atoms with Gasteiger partial charge in [0.15, 0.2) is 0 Å². The first kappa shape index (κ1) is 11.7. The lowest BCUT2D eigenvalue weighted by Crippen LogP contribution is -2.12. The maximum Gasteiger partial charge on any atom is 0.275 e. The number of benzene rings is 1. The Hall–Kier alpha value is -1.81. The zero-order valence-corrected chi connectivity index (χ0v) is 10.1. The van der Waals surface area contributed by atoms with Gasteiger partial charge >= 0.3 is 0 Å². The number of H-pyrrole nitrogens is 1. The van der Waals surface area contributed by atoms with Crippen LogP contribution in [-0.2, 0) is 6.42 Å². The molecule has 88 valence electrons. The molecule has 4 nitrogen and oxygen atoms in total. The second-order valence-electron chi connectivity index (χ2n) is 3.60. The van der Waals surface area contributed by atoms with Crippen LogP contribution >= 0.6 is 11.6 Å². The molecule has 17 heavy (non-hydrogen) atoms. The standard InChI is InChI=1S/C12H12ClN3O/c1-2-8-3-5-9(6-4-8)15-12(17)11-10(13)7-14-16-11/h3-7H,2H2,1H3,(H,14,16)(H,15,17). The highest BCUT2D eigenvalue weighted by molar-refractivity contribution is 6.34. The number of carbonyl (C=O) groups is 1. The Morgan fingerprint density at radius 2 is 2.12 bits per heavy atom. The van der Waals surface area contributed by atoms with Gasteiger partial charge in [-0.25, -0.2) is 0 Å². The lowest BCUT2D eigenvalue weighted by molar-refractivity contribution is 0.102. The van der Waals surface area contributed by atoms with E-state index in [1.165, 1.54) is 11.8 Å². The predicted octanol–water partition coefficient (Wildman–Crippen LogP) is 2.88. The largest absolute Gasteiger partial charge is 0.321 e. The van der Waals surface area contributed by atoms with Crippen molar-refractivity contribution in [1.29, 1.82) is 0 Å². The van der Waals surface area contributed by atoms with Crippen molar-refractivity contribution in [2.45, 2.75) is 13.3 Å². The van der Waals surface area contributed by atoms with Crippen LogP contribution in [-0.4, -0.2) is 16.1 Å². The quantitative estimate of drug-likeness (QED) is 0.879. The van der Waals surface area contributed by atoms with E-state index in [-0.39, 0.29) is 11.6 Å². The number of aromatic amines is 1. The molecule has 0 spiro atoms. The van der Waals surface area contributed by atoms with Gasteiger partial charge in [0.1, 0.15) is 5.69 Å². The van der Waals surface area contributed by atoms with Gasteiger partial charge in [-0.15, -0.1) is 0 Å². The van der Waals surface area contributed by atoms with Crippen LogP contribution in [0.2, 0.25) is 5.02 Å². The summed E-state index contributed by atoms with van der Waals surface area (Å²) >= 11 is 5.79. The molecule has 1 aromatic carbocycles. The highest BCUT2D eigenvalue weighted by Crippen LogP contribution is 2.15. The molecule has 1 heterocycles. The number of aryl methyl sites for hydroxylation is 1. The molecule has 5 heteroatoms. The Morgan fingerprint density at radius 1 is 1.41 bits per heavy atom. The van der Waals surface area contributed by atoms with E-state index in [9.17, 15) is 4.79 Å². The van der Waals surface area contributed by atoms with E-state index >= 15 is 0 Å². The van der Waals surface area contributed by atoms with Crippen LogP contribution in [0.5, 0.6) is 0 Å². The van der Waals surface area contributed by atoms with Crippen LogP contribution in [0.3, 0.4) is 0 Å². The Morgan fingerprint density at radius 3 is 2.65 bits per heavy atom. The van der Waals surface area contributed by atoms with E-state index in [4.69, 9.17) is 11.6 Å². The van der Waals surface area contributed by atoms with E-state index < -0.39 is 0 Å². The lowest BCUT2D eigenvalue weighted by atomic mass is 10.1. The van der Waals surface area contributed by atoms with Crippen molar-refractivity contribution < 1.29 is 4.79 Å². The summed E-state index contributed by atoms with van der Waals surface area (Å²) in [5, 5.41) is 9.30. The molecule has 2 aromatic rings. The summed E-state index contributed by atoms with van der Waals surface area (Å²) < 4.78 is 0. The smallest absolute Gasteiger partial charge is 0.275 e. The summed E-state index contributed by atoms with van der Waals surface area (Å²) in [4.78, 5) is 11.8. The summed E-state index contributed by atoms with van der Waals surface area (Å²) in [5.41, 5.74) is 2.23. The number of hydrogen-bond donors (Lipinski definition) is 2. The van der Waals surface area contributed by atoms with Crippen LogP contribution < -0.4 is 5.32 Å². The highest BCUT2D eigenvalue weighted by Gasteiger charge is 2.12. The molecule has 0 aliphatic heterocycles. The van der Waals surface area contributed by atoms with Crippen molar-refractivity contribution >= 4 is 23.2 Å². The Balaban J connectivity index is 2.10. The monoisotopic (exact) mass is 249 g/mol. The molecule has 2 rings (SSSR count). The van der Waals surface area contributed by atoms with Gasteiger partial charge in [-0.2, -0.15) is 5.10 Å². The van der Waals surface area contributed by atoms with E-state index in [1.807, 2.05) is 24.3 Å². The fourth-order valence-electron chi connectivity index (χ4n) is 1.45. The van der Waals surface area contributed by atoms with Crippen molar-refractivity contribution in [2.75, 3.05) is 5.32 Å². The lowest BCUT2D eigenvalue weighted by Gasteiger charge is -2.04. The Kier molecular flexibility index (Phi) is 3.44. The fourth-order valence-corrected chi connectivity index (χ4v) is 1.62. The number of hydrogen-bond acceptors (Lipinski definition) is 2. The molecule has 0 saturated heterocycles. The van der Waals surface area contributed by atoms with Crippen molar-refractivity contribution in [3.8, 4) is 0 Å². The molecule has 0 bridgehead atoms. The normalized spacial score (nSPS) is 10.2. The number of nitrogens with zero attached hydrogens (tertiary/aromatic N) is 1. The molecule has 2 N–H and O–H groups in total. The summed E-state index contributed by atoms with van der Waals surface area (Å²) in [7, 11) is 0. The minimum absolute atomic E-state index is 0.270. The minimum atomic E-state index is -0.295. The molecular formula is C12H12ClN3O. The molecule has 0 atom stereocenters. The zero-order chi connectivity index (χ0) is 12.3. The van der Waals surface area contributed by atoms with Gasteiger partial charge in [-0.3, -0.25) is 9.89 Å². The third-order valence-electron chi connectivity index (χ3n) is 2.44. The van der Waals surface area contributed by atoms with Gasteiger partial charge in [-0.05, 0) is 24.1 Å². The summed E-state index contributed by atoms with van der Waals surface area (Å²) in [6.45, 7) is 2.08. The van der Waals surface area contributed by atoms with E-state index in [1.54, 1.807) is 0 Å². The number of rotatable bonds is 3. The SMILES string of the molecule is CCc1ccc(NC(=O)c2[nH]ncc2Cl)cc1. The Bertz CT molecular complexity index is 519. The third kappa shape index (κ3) is 2.65. The van der Waals surface area contributed by atoms with Crippen LogP contribution in [0, 0.1) is 0 Å². The Labute approximate surface area is 104 Å². The number of amides is 1. The molecule has 0 aliphatic carbocycles. The van der Waals surface area contributed by atoms with Gasteiger partial charge in [0.25, 0.3) is 5.91 Å². The minimum Gasteiger partial charge on any atom is -0.321 e. The van der Waals surface area contributed by atoms with Gasteiger partial charge < -0.3 is 5.32 Å². The molecule has 0 saturated carbocycles. The highest BCUT2D eigenvalue weighted by atomic mass is 35.5. The average Bonchev–Trinajstić information content (AvgIpc) is 2.76. The molecular weight excluding hydrogens is 238 g/mol. The van der Waals surface area contributed by atoms with Crippen LogP contribution in [0.25, 0.3) is 0 Å². The van der Waals surface area contributed by atoms with E-state index in [2.05, 4.69) is 22.4 Å². The predicted molar refractivity (Wildman–Crippen MR) is 67.4 cm³/mol. The first-order chi connectivity index (χ1) is 8.20. The van der Waals surface area contributed by atoms with Crippen LogP contribution in [0.15, 0.2) is 30.5 Å². The summed E-state index contributed by atoms with van der Waals surface area (Å²) in [5.74, 6) is -0.295. The number of halogens is 1. The number of nitrogens with one attached hydrogen (secondary N) is 2. The van der Waals surface area contributed by atoms with Crippen molar-refractivity contribution in [3.05, 3.63) is 46.7 Å². The number of anilines is 1. The van der Waals surface area contributed by atoms with E-state index in [0.29, 0.717) is 5.02 Å². The van der Waals surface area contributed by atoms with Gasteiger partial charge in [0.2, 0.25) is 0 Å². The average molecular weight is 250 g/mol.